The predicted octanol–water partition coefficient (Wildman–Crippen LogP) is 3.29. The van der Waals surface area contributed by atoms with Crippen molar-refractivity contribution in [2.24, 2.45) is 5.73 Å². The second-order valence-electron chi connectivity index (χ2n) is 6.08. The summed E-state index contributed by atoms with van der Waals surface area (Å²) in [4.78, 5) is 2.16. The van der Waals surface area contributed by atoms with Gasteiger partial charge in [-0.15, -0.1) is 0 Å². The summed E-state index contributed by atoms with van der Waals surface area (Å²) in [6.07, 6.45) is 2.77. The summed E-state index contributed by atoms with van der Waals surface area (Å²) in [7, 11) is -3.88. The molecule has 0 saturated carbocycles. The Labute approximate surface area is 164 Å². The van der Waals surface area contributed by atoms with Crippen molar-refractivity contribution in [3.05, 3.63) is 65.7 Å². The van der Waals surface area contributed by atoms with Gasteiger partial charge in [0.1, 0.15) is 21.9 Å². The van der Waals surface area contributed by atoms with Gasteiger partial charge in [0.05, 0.1) is 6.61 Å². The molecule has 1 atom stereocenters. The molecule has 1 aliphatic rings. The number of hydrogen-bond donors (Lipinski definition) is 1. The normalized spacial score (nSPS) is 16.5. The topological polar surface area (TPSA) is 81.9 Å². The zero-order valence-corrected chi connectivity index (χ0v) is 16.6. The maximum atomic E-state index is 12.4. The van der Waals surface area contributed by atoms with Crippen LogP contribution in [0.5, 0.6) is 11.5 Å². The van der Waals surface area contributed by atoms with Gasteiger partial charge in [0.15, 0.2) is 0 Å². The Bertz CT molecular complexity index is 901. The number of hydrogen-bond acceptors (Lipinski definition) is 7. The molecule has 0 bridgehead atoms. The molecule has 1 unspecified atom stereocenters. The predicted molar refractivity (Wildman–Crippen MR) is 107 cm³/mol. The van der Waals surface area contributed by atoms with Crippen molar-refractivity contribution in [3.63, 3.8) is 0 Å². The van der Waals surface area contributed by atoms with Crippen molar-refractivity contribution in [2.75, 3.05) is 13.2 Å². The summed E-state index contributed by atoms with van der Waals surface area (Å²) in [5, 5.41) is 1.98. The number of nitrogens with two attached hydrogens (primary N) is 1. The lowest BCUT2D eigenvalue weighted by molar-refractivity contribution is 0.273. The molecule has 1 heterocycles. The van der Waals surface area contributed by atoms with Gasteiger partial charge in [-0.2, -0.15) is 8.42 Å². The zero-order chi connectivity index (χ0) is 19.3. The highest BCUT2D eigenvalue weighted by atomic mass is 32.2. The highest BCUT2D eigenvalue weighted by molar-refractivity contribution is 8.02. The van der Waals surface area contributed by atoms with Gasteiger partial charge in [-0.3, -0.25) is 0 Å². The smallest absolute Gasteiger partial charge is 0.339 e. The van der Waals surface area contributed by atoms with E-state index in [1.165, 1.54) is 12.1 Å². The first-order chi connectivity index (χ1) is 12.9. The summed E-state index contributed by atoms with van der Waals surface area (Å²) in [5.41, 5.74) is 6.75. The average molecular weight is 407 g/mol. The summed E-state index contributed by atoms with van der Waals surface area (Å²) in [6, 6.07) is 13.2. The Morgan fingerprint density at radius 3 is 2.59 bits per heavy atom. The Hall–Kier alpha value is -2.16. The van der Waals surface area contributed by atoms with Crippen molar-refractivity contribution >= 4 is 21.9 Å². The van der Waals surface area contributed by atoms with Crippen molar-refractivity contribution in [1.82, 2.24) is 4.90 Å². The number of benzene rings is 2. The van der Waals surface area contributed by atoms with E-state index in [0.717, 1.165) is 18.5 Å². The van der Waals surface area contributed by atoms with E-state index in [4.69, 9.17) is 14.7 Å². The highest BCUT2D eigenvalue weighted by Gasteiger charge is 2.17. The van der Waals surface area contributed by atoms with Gasteiger partial charge in [0.2, 0.25) is 0 Å². The van der Waals surface area contributed by atoms with Crippen LogP contribution in [0, 0.1) is 6.92 Å². The number of thioether (sulfide) groups is 1. The Morgan fingerprint density at radius 1 is 1.15 bits per heavy atom. The third-order valence-electron chi connectivity index (χ3n) is 3.89. The van der Waals surface area contributed by atoms with Gasteiger partial charge in [-0.25, -0.2) is 0 Å². The van der Waals surface area contributed by atoms with Crippen LogP contribution in [0.25, 0.3) is 0 Å². The van der Waals surface area contributed by atoms with Gasteiger partial charge in [0.25, 0.3) is 0 Å². The lowest BCUT2D eigenvalue weighted by Crippen LogP contribution is -2.33. The van der Waals surface area contributed by atoms with Gasteiger partial charge in [-0.1, -0.05) is 30.0 Å². The quantitative estimate of drug-likeness (QED) is 0.532. The van der Waals surface area contributed by atoms with Gasteiger partial charge >= 0.3 is 10.1 Å². The van der Waals surface area contributed by atoms with Crippen molar-refractivity contribution in [1.29, 1.82) is 0 Å². The van der Waals surface area contributed by atoms with Crippen LogP contribution in [-0.4, -0.2) is 32.0 Å². The minimum absolute atomic E-state index is 0.0350. The van der Waals surface area contributed by atoms with E-state index in [1.807, 2.05) is 29.5 Å². The molecule has 2 aromatic rings. The Morgan fingerprint density at radius 2 is 1.89 bits per heavy atom. The highest BCUT2D eigenvalue weighted by Crippen LogP contribution is 2.26. The molecule has 0 spiro atoms. The Kier molecular flexibility index (Phi) is 6.30. The number of rotatable bonds is 8. The maximum absolute atomic E-state index is 12.4. The molecular formula is C19H22N2O4S2. The molecule has 0 radical (unpaired) electrons. The lowest BCUT2D eigenvalue weighted by Gasteiger charge is -2.20. The maximum Gasteiger partial charge on any atom is 0.339 e. The van der Waals surface area contributed by atoms with Crippen molar-refractivity contribution in [3.8, 4) is 11.5 Å². The summed E-state index contributed by atoms with van der Waals surface area (Å²) < 4.78 is 35.8. The van der Waals surface area contributed by atoms with E-state index >= 15 is 0 Å². The van der Waals surface area contributed by atoms with E-state index in [-0.39, 0.29) is 16.1 Å². The molecule has 0 aliphatic carbocycles. The molecule has 27 heavy (non-hydrogen) atoms. The van der Waals surface area contributed by atoms with Crippen molar-refractivity contribution in [2.45, 2.75) is 23.7 Å². The third-order valence-corrected chi connectivity index (χ3v) is 5.98. The van der Waals surface area contributed by atoms with E-state index < -0.39 is 10.1 Å². The van der Waals surface area contributed by atoms with E-state index in [1.54, 1.807) is 42.1 Å². The van der Waals surface area contributed by atoms with Gasteiger partial charge < -0.3 is 19.6 Å². The fourth-order valence-corrected chi connectivity index (χ4v) is 4.26. The van der Waals surface area contributed by atoms with Crippen LogP contribution in [0.2, 0.25) is 0 Å². The zero-order valence-electron chi connectivity index (χ0n) is 14.9. The minimum atomic E-state index is -3.88. The molecule has 8 heteroatoms. The largest absolute Gasteiger partial charge is 0.493 e. The van der Waals surface area contributed by atoms with Gasteiger partial charge in [-0.05, 0) is 48.6 Å². The number of ether oxygens (including phenoxy) is 1. The van der Waals surface area contributed by atoms with Crippen LogP contribution in [0.1, 0.15) is 12.0 Å². The van der Waals surface area contributed by atoms with Crippen LogP contribution in [0.3, 0.4) is 0 Å². The van der Waals surface area contributed by atoms with Crippen LogP contribution in [0.4, 0.5) is 0 Å². The van der Waals surface area contributed by atoms with Crippen LogP contribution < -0.4 is 14.7 Å². The molecule has 0 amide bonds. The van der Waals surface area contributed by atoms with E-state index in [0.29, 0.717) is 12.4 Å². The molecule has 0 fully saturated rings. The summed E-state index contributed by atoms with van der Waals surface area (Å²) in [6.45, 7) is 3.15. The molecule has 6 nitrogen and oxygen atoms in total. The molecule has 0 saturated heterocycles. The molecule has 3 rings (SSSR count). The standard InChI is InChI=1S/C19H22N2O4S2/c1-15-12-16(24-10-5-8-21-9-11-26-19(21)20)14-17(13-15)25-27(22,23)18-6-3-2-4-7-18/h2-4,6-7,9,11-14,19H,5,8,10,20H2,1H3. The lowest BCUT2D eigenvalue weighted by atomic mass is 10.2. The van der Waals surface area contributed by atoms with E-state index in [9.17, 15) is 8.42 Å². The van der Waals surface area contributed by atoms with Crippen LogP contribution >= 0.6 is 11.8 Å². The number of nitrogens with zero attached hydrogens (tertiary/aromatic N) is 1. The molecule has 2 N–H and O–H groups in total. The van der Waals surface area contributed by atoms with Crippen LogP contribution in [0.15, 0.2) is 65.0 Å². The fourth-order valence-electron chi connectivity index (χ4n) is 2.60. The first-order valence-electron chi connectivity index (χ1n) is 8.51. The first-order valence-corrected chi connectivity index (χ1v) is 10.9. The summed E-state index contributed by atoms with van der Waals surface area (Å²) in [5.74, 6) is 0.804. The molecular weight excluding hydrogens is 384 g/mol. The second kappa shape index (κ2) is 8.69. The summed E-state index contributed by atoms with van der Waals surface area (Å²) >= 11 is 1.58. The minimum Gasteiger partial charge on any atom is -0.493 e. The second-order valence-corrected chi connectivity index (χ2v) is 8.66. The van der Waals surface area contributed by atoms with E-state index in [2.05, 4.69) is 0 Å². The fraction of sp³-hybridized carbons (Fsp3) is 0.263. The molecule has 144 valence electrons. The average Bonchev–Trinajstić information content (AvgIpc) is 3.04. The molecule has 0 aromatic heterocycles. The first kappa shape index (κ1) is 19.6. The monoisotopic (exact) mass is 406 g/mol. The van der Waals surface area contributed by atoms with Gasteiger partial charge in [0, 0.05) is 18.8 Å². The molecule has 2 aromatic carbocycles. The van der Waals surface area contributed by atoms with Crippen LogP contribution in [-0.2, 0) is 10.1 Å². The van der Waals surface area contributed by atoms with Crippen molar-refractivity contribution < 1.29 is 17.3 Å². The SMILES string of the molecule is Cc1cc(OCCCN2C=CSC2N)cc(OS(=O)(=O)c2ccccc2)c1. The number of aryl methyl sites for hydroxylation is 1. The molecule has 1 aliphatic heterocycles. The Balaban J connectivity index is 1.60. The third kappa shape index (κ3) is 5.41.